The molecule has 0 radical (unpaired) electrons. The minimum Gasteiger partial charge on any atom is -0.493 e. The molecule has 1 aromatic carbocycles. The normalized spacial score (nSPS) is 11.3. The van der Waals surface area contributed by atoms with E-state index in [9.17, 15) is 4.79 Å². The van der Waals surface area contributed by atoms with Gasteiger partial charge >= 0.3 is 5.97 Å². The van der Waals surface area contributed by atoms with Crippen molar-refractivity contribution < 1.29 is 19.0 Å². The molecule has 0 heterocycles. The van der Waals surface area contributed by atoms with Crippen molar-refractivity contribution in [2.45, 2.75) is 58.9 Å². The summed E-state index contributed by atoms with van der Waals surface area (Å²) >= 11 is 0. The summed E-state index contributed by atoms with van der Waals surface area (Å²) in [4.78, 5) is 15.8. The van der Waals surface area contributed by atoms with Crippen molar-refractivity contribution in [3.63, 3.8) is 0 Å². The van der Waals surface area contributed by atoms with Crippen LogP contribution in [0.25, 0.3) is 0 Å². The Hall–Kier alpha value is -2.28. The zero-order valence-corrected chi connectivity index (χ0v) is 19.1. The minimum atomic E-state index is -0.132. The molecule has 30 heavy (non-hydrogen) atoms. The van der Waals surface area contributed by atoms with Crippen LogP contribution in [-0.4, -0.2) is 52.5 Å². The second-order valence-electron chi connectivity index (χ2n) is 7.17. The van der Waals surface area contributed by atoms with Crippen LogP contribution in [0.3, 0.4) is 0 Å². The first-order valence-corrected chi connectivity index (χ1v) is 10.9. The summed E-state index contributed by atoms with van der Waals surface area (Å²) in [5.74, 6) is 1.56. The topological polar surface area (TPSA) is 81.2 Å². The van der Waals surface area contributed by atoms with Crippen LogP contribution in [0, 0.1) is 6.92 Å². The molecular weight excluding hydrogens is 382 g/mol. The second kappa shape index (κ2) is 16.5. The molecule has 7 nitrogen and oxygen atoms in total. The highest BCUT2D eigenvalue weighted by molar-refractivity contribution is 5.79. The highest BCUT2D eigenvalue weighted by Crippen LogP contribution is 2.21. The van der Waals surface area contributed by atoms with E-state index in [1.807, 2.05) is 0 Å². The van der Waals surface area contributed by atoms with Crippen LogP contribution < -0.4 is 15.4 Å². The molecule has 0 aliphatic rings. The number of nitrogens with zero attached hydrogens (tertiary/aromatic N) is 1. The largest absolute Gasteiger partial charge is 0.493 e. The lowest BCUT2D eigenvalue weighted by Crippen LogP contribution is -2.37. The Morgan fingerprint density at radius 1 is 1.03 bits per heavy atom. The third-order valence-corrected chi connectivity index (χ3v) is 4.55. The predicted molar refractivity (Wildman–Crippen MR) is 121 cm³/mol. The number of aliphatic imine (C=N–C) groups is 1. The summed E-state index contributed by atoms with van der Waals surface area (Å²) in [5.41, 5.74) is 2.24. The summed E-state index contributed by atoms with van der Waals surface area (Å²) < 4.78 is 15.7. The van der Waals surface area contributed by atoms with E-state index in [0.717, 1.165) is 62.5 Å². The van der Waals surface area contributed by atoms with E-state index < -0.39 is 0 Å². The molecule has 0 spiro atoms. The fourth-order valence-corrected chi connectivity index (χ4v) is 2.87. The number of methoxy groups -OCH3 is 2. The number of hydrogen-bond acceptors (Lipinski definition) is 5. The monoisotopic (exact) mass is 421 g/mol. The molecule has 0 atom stereocenters. The summed E-state index contributed by atoms with van der Waals surface area (Å²) in [6, 6.07) is 6.23. The van der Waals surface area contributed by atoms with Crippen molar-refractivity contribution in [1.29, 1.82) is 0 Å². The number of rotatable bonds is 15. The Balaban J connectivity index is 2.48. The number of ether oxygens (including phenoxy) is 3. The summed E-state index contributed by atoms with van der Waals surface area (Å²) in [5, 5.41) is 6.67. The van der Waals surface area contributed by atoms with Gasteiger partial charge in [-0.1, -0.05) is 25.0 Å². The number of hydrogen-bond donors (Lipinski definition) is 2. The van der Waals surface area contributed by atoms with Gasteiger partial charge in [0.25, 0.3) is 0 Å². The first-order chi connectivity index (χ1) is 14.6. The highest BCUT2D eigenvalue weighted by Gasteiger charge is 2.06. The average Bonchev–Trinajstić information content (AvgIpc) is 2.74. The van der Waals surface area contributed by atoms with Crippen LogP contribution in [0.1, 0.15) is 56.6 Å². The van der Waals surface area contributed by atoms with Gasteiger partial charge in [-0.3, -0.25) is 4.79 Å². The lowest BCUT2D eigenvalue weighted by Gasteiger charge is -2.14. The standard InChI is InChI=1S/C23H39N3O4/c1-5-24-23(25-14-9-7-6-8-11-22(27)29-4)26-18-20-13-12-19(2)17-21(20)30-16-10-15-28-3/h12-13,17H,5-11,14-16,18H2,1-4H3,(H2,24,25,26). The van der Waals surface area contributed by atoms with E-state index in [-0.39, 0.29) is 5.97 Å². The van der Waals surface area contributed by atoms with Gasteiger partial charge in [0.15, 0.2) is 5.96 Å². The third kappa shape index (κ3) is 11.7. The summed E-state index contributed by atoms with van der Waals surface area (Å²) in [6.07, 6.45) is 5.36. The Morgan fingerprint density at radius 3 is 2.57 bits per heavy atom. The van der Waals surface area contributed by atoms with Gasteiger partial charge < -0.3 is 24.8 Å². The van der Waals surface area contributed by atoms with E-state index >= 15 is 0 Å². The molecule has 2 N–H and O–H groups in total. The zero-order valence-electron chi connectivity index (χ0n) is 19.1. The molecule has 0 saturated heterocycles. The molecule has 0 aliphatic heterocycles. The molecule has 0 saturated carbocycles. The number of unbranched alkanes of at least 4 members (excludes halogenated alkanes) is 3. The molecule has 0 fully saturated rings. The Kier molecular flexibility index (Phi) is 14.2. The number of aryl methyl sites for hydroxylation is 1. The first kappa shape index (κ1) is 25.8. The molecule has 0 amide bonds. The number of nitrogens with one attached hydrogen (secondary N) is 2. The molecule has 1 aromatic rings. The van der Waals surface area contributed by atoms with E-state index in [4.69, 9.17) is 14.5 Å². The van der Waals surface area contributed by atoms with Crippen molar-refractivity contribution in [2.24, 2.45) is 4.99 Å². The van der Waals surface area contributed by atoms with E-state index in [1.54, 1.807) is 7.11 Å². The Morgan fingerprint density at radius 2 is 1.83 bits per heavy atom. The first-order valence-electron chi connectivity index (χ1n) is 10.9. The summed E-state index contributed by atoms with van der Waals surface area (Å²) in [7, 11) is 3.13. The number of guanidine groups is 1. The van der Waals surface area contributed by atoms with Crippen LogP contribution >= 0.6 is 0 Å². The zero-order chi connectivity index (χ0) is 22.0. The quantitative estimate of drug-likeness (QED) is 0.195. The Bertz CT molecular complexity index is 635. The lowest BCUT2D eigenvalue weighted by atomic mass is 10.1. The van der Waals surface area contributed by atoms with Gasteiger partial charge in [0, 0.05) is 45.2 Å². The van der Waals surface area contributed by atoms with E-state index in [2.05, 4.69) is 47.4 Å². The second-order valence-corrected chi connectivity index (χ2v) is 7.17. The van der Waals surface area contributed by atoms with E-state index in [1.165, 1.54) is 12.7 Å². The van der Waals surface area contributed by atoms with Crippen LogP contribution in [-0.2, 0) is 20.8 Å². The van der Waals surface area contributed by atoms with Gasteiger partial charge in [-0.15, -0.1) is 0 Å². The molecule has 7 heteroatoms. The minimum absolute atomic E-state index is 0.132. The number of carbonyl (C=O) groups excluding carboxylic acids is 1. The van der Waals surface area contributed by atoms with Gasteiger partial charge in [-0.05, 0) is 38.3 Å². The van der Waals surface area contributed by atoms with Gasteiger partial charge in [0.05, 0.1) is 20.3 Å². The smallest absolute Gasteiger partial charge is 0.305 e. The number of esters is 1. The highest BCUT2D eigenvalue weighted by atomic mass is 16.5. The van der Waals surface area contributed by atoms with Crippen molar-refractivity contribution in [3.8, 4) is 5.75 Å². The summed E-state index contributed by atoms with van der Waals surface area (Å²) in [6.45, 7) is 7.64. The van der Waals surface area contributed by atoms with Crippen LogP contribution in [0.4, 0.5) is 0 Å². The number of benzene rings is 1. The maximum atomic E-state index is 11.1. The van der Waals surface area contributed by atoms with Gasteiger partial charge in [-0.2, -0.15) is 0 Å². The van der Waals surface area contributed by atoms with Gasteiger partial charge in [0.1, 0.15) is 5.75 Å². The molecular formula is C23H39N3O4. The third-order valence-electron chi connectivity index (χ3n) is 4.55. The molecule has 0 unspecified atom stereocenters. The van der Waals surface area contributed by atoms with Crippen LogP contribution in [0.15, 0.2) is 23.2 Å². The SMILES string of the molecule is CCNC(=NCc1ccc(C)cc1OCCCOC)NCCCCCCC(=O)OC. The number of carbonyl (C=O) groups is 1. The molecule has 0 aromatic heterocycles. The van der Waals surface area contributed by atoms with Crippen LogP contribution in [0.2, 0.25) is 0 Å². The maximum absolute atomic E-state index is 11.1. The van der Waals surface area contributed by atoms with Crippen molar-refractivity contribution in [3.05, 3.63) is 29.3 Å². The maximum Gasteiger partial charge on any atom is 0.305 e. The molecule has 1 rings (SSSR count). The predicted octanol–water partition coefficient (Wildman–Crippen LogP) is 3.59. The van der Waals surface area contributed by atoms with Crippen molar-refractivity contribution >= 4 is 11.9 Å². The van der Waals surface area contributed by atoms with Crippen molar-refractivity contribution in [2.75, 3.05) is 40.5 Å². The fourth-order valence-electron chi connectivity index (χ4n) is 2.87. The van der Waals surface area contributed by atoms with E-state index in [0.29, 0.717) is 26.2 Å². The van der Waals surface area contributed by atoms with Gasteiger partial charge in [0.2, 0.25) is 0 Å². The lowest BCUT2D eigenvalue weighted by molar-refractivity contribution is -0.140. The van der Waals surface area contributed by atoms with Crippen LogP contribution in [0.5, 0.6) is 5.75 Å². The van der Waals surface area contributed by atoms with Crippen molar-refractivity contribution in [1.82, 2.24) is 10.6 Å². The van der Waals surface area contributed by atoms with Gasteiger partial charge in [-0.25, -0.2) is 4.99 Å². The molecule has 170 valence electrons. The Labute approximate surface area is 181 Å². The molecule has 0 aliphatic carbocycles. The average molecular weight is 422 g/mol. The molecule has 0 bridgehead atoms. The fraction of sp³-hybridized carbons (Fsp3) is 0.652.